The summed E-state index contributed by atoms with van der Waals surface area (Å²) in [5.74, 6) is 0. The van der Waals surface area contributed by atoms with Gasteiger partial charge in [0, 0.05) is 12.1 Å². The molecule has 0 saturated carbocycles. The lowest BCUT2D eigenvalue weighted by atomic mass is 10.0. The highest BCUT2D eigenvalue weighted by Crippen LogP contribution is 2.02. The zero-order chi connectivity index (χ0) is 7.98. The van der Waals surface area contributed by atoms with E-state index < -0.39 is 0 Å². The van der Waals surface area contributed by atoms with Gasteiger partial charge >= 0.3 is 0 Å². The Hall–Kier alpha value is -0.210. The largest absolute Gasteiger partial charge is 0.328 e. The average Bonchev–Trinajstić information content (AvgIpc) is 1.88. The Bertz CT molecular complexity index is 73.7. The maximum Gasteiger partial charge on any atom is 0.100 e. The topological polar surface area (TPSA) is 52.0 Å². The molecule has 10 heavy (non-hydrogen) atoms. The second kappa shape index (κ2) is 5.57. The van der Waals surface area contributed by atoms with E-state index in [0.717, 1.165) is 25.7 Å². The van der Waals surface area contributed by atoms with E-state index >= 15 is 0 Å². The molecule has 0 aliphatic carbocycles. The van der Waals surface area contributed by atoms with Crippen LogP contribution in [0.15, 0.2) is 0 Å². The molecule has 0 aliphatic heterocycles. The van der Waals surface area contributed by atoms with Crippen molar-refractivity contribution in [3.8, 4) is 0 Å². The van der Waals surface area contributed by atoms with Crippen LogP contribution in [0.5, 0.6) is 0 Å². The molecule has 0 bridgehead atoms. The third-order valence-electron chi connectivity index (χ3n) is 1.64. The van der Waals surface area contributed by atoms with Gasteiger partial charge in [-0.1, -0.05) is 13.3 Å². The Kier molecular flexibility index (Phi) is 5.45. The van der Waals surface area contributed by atoms with Crippen LogP contribution in [0.25, 0.3) is 0 Å². The van der Waals surface area contributed by atoms with Gasteiger partial charge in [-0.15, -0.1) is 0 Å². The van der Waals surface area contributed by atoms with Crippen molar-refractivity contribution >= 4 is 0 Å². The number of hydrogen-bond acceptors (Lipinski definition) is 2. The van der Waals surface area contributed by atoms with Crippen LogP contribution in [0.3, 0.4) is 0 Å². The van der Waals surface area contributed by atoms with Crippen LogP contribution in [0, 0.1) is 6.92 Å². The number of nitrogens with two attached hydrogens (primary N) is 2. The molecule has 4 N–H and O–H groups in total. The lowest BCUT2D eigenvalue weighted by Crippen LogP contribution is -2.30. The molecular formula is C8H19N2+. The van der Waals surface area contributed by atoms with E-state index in [2.05, 4.69) is 13.8 Å². The van der Waals surface area contributed by atoms with Gasteiger partial charge in [0.1, 0.15) is 6.42 Å². The van der Waals surface area contributed by atoms with Crippen LogP contribution in [0.4, 0.5) is 0 Å². The molecule has 0 amide bonds. The van der Waals surface area contributed by atoms with Gasteiger partial charge in [-0.05, 0) is 12.8 Å². The first kappa shape index (κ1) is 9.79. The van der Waals surface area contributed by atoms with E-state index in [4.69, 9.17) is 11.5 Å². The minimum absolute atomic E-state index is 0.196. The van der Waals surface area contributed by atoms with Crippen LogP contribution in [-0.2, 0) is 0 Å². The zero-order valence-corrected chi connectivity index (χ0v) is 6.84. The van der Waals surface area contributed by atoms with E-state index in [-0.39, 0.29) is 12.1 Å². The Balaban J connectivity index is 3.27. The molecule has 60 valence electrons. The van der Waals surface area contributed by atoms with E-state index in [9.17, 15) is 0 Å². The molecule has 0 spiro atoms. The van der Waals surface area contributed by atoms with Crippen LogP contribution in [-0.4, -0.2) is 12.1 Å². The first-order valence-electron chi connectivity index (χ1n) is 4.01. The van der Waals surface area contributed by atoms with Gasteiger partial charge in [0.2, 0.25) is 0 Å². The van der Waals surface area contributed by atoms with Crippen molar-refractivity contribution < 1.29 is 0 Å². The molecule has 2 heteroatoms. The fourth-order valence-electron chi connectivity index (χ4n) is 0.995. The first-order valence-corrected chi connectivity index (χ1v) is 4.01. The molecule has 0 rings (SSSR count). The molecule has 0 saturated heterocycles. The van der Waals surface area contributed by atoms with Gasteiger partial charge < -0.3 is 11.5 Å². The standard InChI is InChI=1S/C8H19N2/c1-3-5-8(10)6-7(9)4-2/h7-8H,2-6,9-10H2,1H3/q+1. The van der Waals surface area contributed by atoms with Crippen molar-refractivity contribution in [1.82, 2.24) is 0 Å². The highest BCUT2D eigenvalue weighted by molar-refractivity contribution is 4.70. The molecule has 0 radical (unpaired) electrons. The molecule has 2 nitrogen and oxygen atoms in total. The Morgan fingerprint density at radius 2 is 1.90 bits per heavy atom. The molecule has 0 aromatic carbocycles. The van der Waals surface area contributed by atoms with Crippen molar-refractivity contribution in [3.05, 3.63) is 6.92 Å². The maximum absolute atomic E-state index is 5.75. The molecular weight excluding hydrogens is 124 g/mol. The van der Waals surface area contributed by atoms with Gasteiger partial charge in [0.25, 0.3) is 0 Å². The second-order valence-corrected chi connectivity index (χ2v) is 2.83. The maximum atomic E-state index is 5.75. The smallest absolute Gasteiger partial charge is 0.100 e. The van der Waals surface area contributed by atoms with Crippen LogP contribution < -0.4 is 11.5 Å². The molecule has 0 heterocycles. The highest BCUT2D eigenvalue weighted by Gasteiger charge is 2.08. The first-order chi connectivity index (χ1) is 4.70. The fourth-order valence-corrected chi connectivity index (χ4v) is 0.995. The lowest BCUT2D eigenvalue weighted by molar-refractivity contribution is 0.494. The summed E-state index contributed by atoms with van der Waals surface area (Å²) in [6.45, 7) is 5.85. The minimum atomic E-state index is 0.196. The van der Waals surface area contributed by atoms with Crippen LogP contribution in [0.2, 0.25) is 0 Å². The average molecular weight is 143 g/mol. The lowest BCUT2D eigenvalue weighted by Gasteiger charge is -2.12. The van der Waals surface area contributed by atoms with Crippen molar-refractivity contribution in [2.75, 3.05) is 0 Å². The third-order valence-corrected chi connectivity index (χ3v) is 1.64. The monoisotopic (exact) mass is 143 g/mol. The quantitative estimate of drug-likeness (QED) is 0.565. The Morgan fingerprint density at radius 1 is 1.30 bits per heavy atom. The van der Waals surface area contributed by atoms with Gasteiger partial charge in [0.05, 0.1) is 6.92 Å². The summed E-state index contributed by atoms with van der Waals surface area (Å²) < 4.78 is 0. The predicted octanol–water partition coefficient (Wildman–Crippen LogP) is 1.06. The SMILES string of the molecule is [CH2+]CC(N)CC(N)CCC. The van der Waals surface area contributed by atoms with Crippen LogP contribution >= 0.6 is 0 Å². The minimum Gasteiger partial charge on any atom is -0.328 e. The Labute approximate surface area is 64.0 Å². The van der Waals surface area contributed by atoms with Gasteiger partial charge in [0.15, 0.2) is 0 Å². The normalized spacial score (nSPS) is 16.7. The fraction of sp³-hybridized carbons (Fsp3) is 0.875. The predicted molar refractivity (Wildman–Crippen MR) is 45.4 cm³/mol. The van der Waals surface area contributed by atoms with E-state index in [1.54, 1.807) is 0 Å². The third kappa shape index (κ3) is 4.65. The highest BCUT2D eigenvalue weighted by atomic mass is 14.7. The molecule has 0 fully saturated rings. The summed E-state index contributed by atoms with van der Waals surface area (Å²) in [6, 6.07) is 0.475. The summed E-state index contributed by atoms with van der Waals surface area (Å²) in [4.78, 5) is 0. The number of rotatable bonds is 5. The van der Waals surface area contributed by atoms with Crippen molar-refractivity contribution in [2.45, 2.75) is 44.7 Å². The van der Waals surface area contributed by atoms with Crippen LogP contribution in [0.1, 0.15) is 32.6 Å². The molecule has 2 unspecified atom stereocenters. The summed E-state index contributed by atoms with van der Waals surface area (Å²) in [7, 11) is 0. The summed E-state index contributed by atoms with van der Waals surface area (Å²) in [5, 5.41) is 0. The summed E-state index contributed by atoms with van der Waals surface area (Å²) in [6.07, 6.45) is 3.92. The van der Waals surface area contributed by atoms with Crippen molar-refractivity contribution in [2.24, 2.45) is 11.5 Å². The van der Waals surface area contributed by atoms with Gasteiger partial charge in [-0.2, -0.15) is 0 Å². The van der Waals surface area contributed by atoms with Gasteiger partial charge in [-0.3, -0.25) is 0 Å². The number of hydrogen-bond donors (Lipinski definition) is 2. The molecule has 2 atom stereocenters. The van der Waals surface area contributed by atoms with Gasteiger partial charge in [-0.25, -0.2) is 0 Å². The summed E-state index contributed by atoms with van der Waals surface area (Å²) >= 11 is 0. The Morgan fingerprint density at radius 3 is 2.30 bits per heavy atom. The van der Waals surface area contributed by atoms with E-state index in [0.29, 0.717) is 0 Å². The van der Waals surface area contributed by atoms with E-state index in [1.165, 1.54) is 0 Å². The summed E-state index contributed by atoms with van der Waals surface area (Å²) in [5.41, 5.74) is 11.4. The van der Waals surface area contributed by atoms with Crippen molar-refractivity contribution in [1.29, 1.82) is 0 Å². The second-order valence-electron chi connectivity index (χ2n) is 2.83. The zero-order valence-electron chi connectivity index (χ0n) is 6.84. The molecule has 0 aromatic rings. The molecule has 0 aromatic heterocycles. The van der Waals surface area contributed by atoms with Crippen molar-refractivity contribution in [3.63, 3.8) is 0 Å². The molecule has 0 aliphatic rings. The van der Waals surface area contributed by atoms with E-state index in [1.807, 2.05) is 0 Å².